The zero-order valence-electron chi connectivity index (χ0n) is 27.0. The van der Waals surface area contributed by atoms with Gasteiger partial charge in [-0.05, 0) is 59.7 Å². The lowest BCUT2D eigenvalue weighted by Gasteiger charge is -2.26. The molecule has 0 fully saturated rings. The second-order valence-electron chi connectivity index (χ2n) is 12.1. The second-order valence-corrected chi connectivity index (χ2v) is 12.1. The van der Waals surface area contributed by atoms with Crippen molar-refractivity contribution in [2.45, 2.75) is 0 Å². The minimum absolute atomic E-state index is 0.592. The van der Waals surface area contributed by atoms with Crippen LogP contribution in [0, 0.1) is 0 Å². The van der Waals surface area contributed by atoms with E-state index in [9.17, 15) is 0 Å². The van der Waals surface area contributed by atoms with E-state index in [0.717, 1.165) is 61.3 Å². The fourth-order valence-electron chi connectivity index (χ4n) is 6.46. The van der Waals surface area contributed by atoms with Gasteiger partial charge in [-0.2, -0.15) is 0 Å². The highest BCUT2D eigenvalue weighted by Gasteiger charge is 2.18. The Bertz CT molecular complexity index is 2530. The molecule has 0 spiro atoms. The topological polar surface area (TPSA) is 55.1 Å². The van der Waals surface area contributed by atoms with Crippen molar-refractivity contribution in [3.63, 3.8) is 0 Å². The minimum atomic E-state index is 0.592. The van der Waals surface area contributed by atoms with Crippen LogP contribution in [0.25, 0.3) is 67.2 Å². The maximum Gasteiger partial charge on any atom is 0.164 e. The van der Waals surface area contributed by atoms with Gasteiger partial charge in [0.05, 0.1) is 0 Å². The third kappa shape index (κ3) is 5.57. The SMILES string of the molecule is c1ccc(-c2cccc(N(c3ccccc3)c3ccc4c(c3)oc3cc(-c5nc(-c6ccccc6)nc(-c6ccccc6)n5)ccc34)c2)cc1. The van der Waals surface area contributed by atoms with Crippen molar-refractivity contribution < 1.29 is 4.42 Å². The number of fused-ring (bicyclic) bond motifs is 3. The average Bonchev–Trinajstić information content (AvgIpc) is 3.57. The lowest BCUT2D eigenvalue weighted by Crippen LogP contribution is -2.09. The second kappa shape index (κ2) is 12.6. The van der Waals surface area contributed by atoms with E-state index >= 15 is 0 Å². The number of hydrogen-bond donors (Lipinski definition) is 0. The van der Waals surface area contributed by atoms with Gasteiger partial charge < -0.3 is 9.32 Å². The molecule has 0 radical (unpaired) electrons. The predicted octanol–water partition coefficient (Wildman–Crippen LogP) is 11.9. The van der Waals surface area contributed by atoms with Crippen LogP contribution in [0.2, 0.25) is 0 Å². The first-order chi connectivity index (χ1) is 24.8. The van der Waals surface area contributed by atoms with Gasteiger partial charge in [0.25, 0.3) is 0 Å². The molecule has 5 heteroatoms. The van der Waals surface area contributed by atoms with Crippen LogP contribution in [-0.4, -0.2) is 15.0 Å². The number of furan rings is 1. The molecule has 9 rings (SSSR count). The normalized spacial score (nSPS) is 11.2. The summed E-state index contributed by atoms with van der Waals surface area (Å²) in [6.07, 6.45) is 0. The van der Waals surface area contributed by atoms with Crippen LogP contribution in [0.1, 0.15) is 0 Å². The van der Waals surface area contributed by atoms with Gasteiger partial charge in [0.1, 0.15) is 11.2 Å². The van der Waals surface area contributed by atoms with Crippen molar-refractivity contribution in [2.24, 2.45) is 0 Å². The van der Waals surface area contributed by atoms with Gasteiger partial charge in [0.15, 0.2) is 17.5 Å². The van der Waals surface area contributed by atoms with E-state index in [1.54, 1.807) is 0 Å². The highest BCUT2D eigenvalue weighted by Crippen LogP contribution is 2.40. The Balaban J connectivity index is 1.14. The van der Waals surface area contributed by atoms with Gasteiger partial charge >= 0.3 is 0 Å². The maximum absolute atomic E-state index is 6.60. The molecule has 0 saturated carbocycles. The summed E-state index contributed by atoms with van der Waals surface area (Å²) in [5.74, 6) is 1.84. The summed E-state index contributed by atoms with van der Waals surface area (Å²) in [4.78, 5) is 17.0. The molecule has 0 unspecified atom stereocenters. The summed E-state index contributed by atoms with van der Waals surface area (Å²) < 4.78 is 6.60. The van der Waals surface area contributed by atoms with Crippen LogP contribution in [0.3, 0.4) is 0 Å². The Kier molecular flexibility index (Phi) is 7.41. The molecule has 0 saturated heterocycles. The molecule has 0 amide bonds. The predicted molar refractivity (Wildman–Crippen MR) is 204 cm³/mol. The van der Waals surface area contributed by atoms with E-state index in [2.05, 4.69) is 108 Å². The van der Waals surface area contributed by atoms with E-state index in [1.807, 2.05) is 78.9 Å². The van der Waals surface area contributed by atoms with Crippen molar-refractivity contribution in [1.29, 1.82) is 0 Å². The number of anilines is 3. The number of nitrogens with zero attached hydrogens (tertiary/aromatic N) is 4. The van der Waals surface area contributed by atoms with E-state index in [0.29, 0.717) is 17.5 Å². The van der Waals surface area contributed by atoms with E-state index in [-0.39, 0.29) is 0 Å². The molecule has 0 aliphatic heterocycles. The van der Waals surface area contributed by atoms with Crippen molar-refractivity contribution >= 4 is 39.0 Å². The van der Waals surface area contributed by atoms with Crippen molar-refractivity contribution in [3.8, 4) is 45.3 Å². The molecule has 0 atom stereocenters. The summed E-state index contributed by atoms with van der Waals surface area (Å²) in [7, 11) is 0. The summed E-state index contributed by atoms with van der Waals surface area (Å²) in [6, 6.07) is 62.2. The van der Waals surface area contributed by atoms with E-state index in [4.69, 9.17) is 19.4 Å². The molecule has 2 aromatic heterocycles. The summed E-state index contributed by atoms with van der Waals surface area (Å²) in [6.45, 7) is 0. The fourth-order valence-corrected chi connectivity index (χ4v) is 6.46. The van der Waals surface area contributed by atoms with Gasteiger partial charge in [-0.15, -0.1) is 0 Å². The molecule has 9 aromatic rings. The molecule has 50 heavy (non-hydrogen) atoms. The number of hydrogen-bond acceptors (Lipinski definition) is 5. The molecule has 236 valence electrons. The van der Waals surface area contributed by atoms with Crippen LogP contribution in [0.15, 0.2) is 186 Å². The van der Waals surface area contributed by atoms with E-state index in [1.165, 1.54) is 5.56 Å². The lowest BCUT2D eigenvalue weighted by molar-refractivity contribution is 0.669. The highest BCUT2D eigenvalue weighted by atomic mass is 16.3. The first kappa shape index (κ1) is 29.3. The molecular weight excluding hydrogens is 613 g/mol. The van der Waals surface area contributed by atoms with E-state index < -0.39 is 0 Å². The van der Waals surface area contributed by atoms with Crippen LogP contribution in [-0.2, 0) is 0 Å². The van der Waals surface area contributed by atoms with Gasteiger partial charge in [-0.25, -0.2) is 15.0 Å². The largest absolute Gasteiger partial charge is 0.456 e. The Morgan fingerprint density at radius 2 is 0.780 bits per heavy atom. The third-order valence-corrected chi connectivity index (χ3v) is 8.90. The Morgan fingerprint density at radius 1 is 0.320 bits per heavy atom. The molecule has 5 nitrogen and oxygen atoms in total. The third-order valence-electron chi connectivity index (χ3n) is 8.90. The lowest BCUT2D eigenvalue weighted by atomic mass is 10.0. The number of aromatic nitrogens is 3. The number of benzene rings is 7. The van der Waals surface area contributed by atoms with Gasteiger partial charge in [-0.3, -0.25) is 0 Å². The summed E-state index contributed by atoms with van der Waals surface area (Å²) in [5.41, 5.74) is 9.77. The zero-order chi connectivity index (χ0) is 33.3. The molecule has 7 aromatic carbocycles. The molecule has 0 N–H and O–H groups in total. The fraction of sp³-hybridized carbons (Fsp3) is 0. The van der Waals surface area contributed by atoms with Crippen molar-refractivity contribution in [3.05, 3.63) is 182 Å². The van der Waals surface area contributed by atoms with Crippen molar-refractivity contribution in [2.75, 3.05) is 4.90 Å². The monoisotopic (exact) mass is 642 g/mol. The van der Waals surface area contributed by atoms with Gasteiger partial charge in [-0.1, -0.05) is 127 Å². The summed E-state index contributed by atoms with van der Waals surface area (Å²) >= 11 is 0. The Labute approximate surface area is 289 Å². The molecule has 0 bridgehead atoms. The smallest absolute Gasteiger partial charge is 0.164 e. The molecular formula is C45H30N4O. The van der Waals surface area contributed by atoms with Gasteiger partial charge in [0, 0.05) is 50.6 Å². The minimum Gasteiger partial charge on any atom is -0.456 e. The van der Waals surface area contributed by atoms with Crippen molar-refractivity contribution in [1.82, 2.24) is 15.0 Å². The first-order valence-electron chi connectivity index (χ1n) is 16.6. The summed E-state index contributed by atoms with van der Waals surface area (Å²) in [5, 5.41) is 2.08. The van der Waals surface area contributed by atoms with Crippen LogP contribution in [0.4, 0.5) is 17.1 Å². The number of rotatable bonds is 7. The molecule has 0 aliphatic carbocycles. The number of para-hydroxylation sites is 1. The molecule has 0 aliphatic rings. The van der Waals surface area contributed by atoms with Crippen LogP contribution in [0.5, 0.6) is 0 Å². The standard InChI is InChI=1S/C45H30N4O/c1-5-14-31(15-6-1)34-20-13-23-37(28-34)49(36-21-11-4-12-22-36)38-25-27-40-39-26-24-35(29-41(39)50-42(40)30-38)45-47-43(32-16-7-2-8-17-32)46-44(48-45)33-18-9-3-10-19-33/h1-30H. The zero-order valence-corrected chi connectivity index (χ0v) is 27.0. The Hall–Kier alpha value is -6.85. The van der Waals surface area contributed by atoms with Crippen LogP contribution < -0.4 is 4.90 Å². The molecule has 2 heterocycles. The maximum atomic E-state index is 6.60. The quantitative estimate of drug-likeness (QED) is 0.173. The van der Waals surface area contributed by atoms with Crippen LogP contribution >= 0.6 is 0 Å². The Morgan fingerprint density at radius 3 is 1.40 bits per heavy atom. The highest BCUT2D eigenvalue weighted by molar-refractivity contribution is 6.07. The first-order valence-corrected chi connectivity index (χ1v) is 16.6. The average molecular weight is 643 g/mol. The van der Waals surface area contributed by atoms with Gasteiger partial charge in [0.2, 0.25) is 0 Å².